The molecule has 2 aromatic heterocycles. The molecule has 4 heteroatoms. The van der Waals surface area contributed by atoms with Crippen molar-refractivity contribution in [2.45, 2.75) is 45.6 Å². The first-order chi connectivity index (χ1) is 10.2. The summed E-state index contributed by atoms with van der Waals surface area (Å²) in [5.74, 6) is 0.223. The van der Waals surface area contributed by atoms with E-state index in [4.69, 9.17) is 0 Å². The molecule has 1 aliphatic heterocycles. The zero-order valence-electron chi connectivity index (χ0n) is 12.6. The van der Waals surface area contributed by atoms with Gasteiger partial charge >= 0.3 is 0 Å². The van der Waals surface area contributed by atoms with Crippen LogP contribution in [0.3, 0.4) is 0 Å². The summed E-state index contributed by atoms with van der Waals surface area (Å²) in [6, 6.07) is 6.64. The third-order valence-electron chi connectivity index (χ3n) is 4.14. The van der Waals surface area contributed by atoms with Gasteiger partial charge in [-0.1, -0.05) is 19.4 Å². The Morgan fingerprint density at radius 2 is 2.33 bits per heavy atom. The van der Waals surface area contributed by atoms with E-state index in [1.54, 1.807) is 22.7 Å². The standard InChI is InChI=1S/C17H21NOS2/c1-3-6-13-11-16(21-12(13)2)17(19)18-9-4-7-14(18)15-8-5-10-20-15/h5,8,10-11,14H,3-4,6-7,9H2,1-2H3. The van der Waals surface area contributed by atoms with Gasteiger partial charge < -0.3 is 4.90 Å². The number of likely N-dealkylation sites (tertiary alicyclic amines) is 1. The lowest BCUT2D eigenvalue weighted by Gasteiger charge is -2.23. The average molecular weight is 319 g/mol. The van der Waals surface area contributed by atoms with Crippen molar-refractivity contribution < 1.29 is 4.79 Å². The van der Waals surface area contributed by atoms with Crippen LogP contribution in [0.25, 0.3) is 0 Å². The molecule has 2 aromatic rings. The maximum atomic E-state index is 12.9. The zero-order valence-corrected chi connectivity index (χ0v) is 14.2. The summed E-state index contributed by atoms with van der Waals surface area (Å²) in [6.45, 7) is 5.21. The van der Waals surface area contributed by atoms with Gasteiger partial charge in [-0.2, -0.15) is 0 Å². The van der Waals surface area contributed by atoms with Crippen molar-refractivity contribution in [3.63, 3.8) is 0 Å². The lowest BCUT2D eigenvalue weighted by atomic mass is 10.1. The van der Waals surface area contributed by atoms with Crippen LogP contribution in [0.1, 0.15) is 57.2 Å². The van der Waals surface area contributed by atoms with E-state index in [1.807, 2.05) is 0 Å². The van der Waals surface area contributed by atoms with Crippen molar-refractivity contribution in [3.05, 3.63) is 43.8 Å². The summed E-state index contributed by atoms with van der Waals surface area (Å²) in [4.78, 5) is 18.5. The normalized spacial score (nSPS) is 18.4. The van der Waals surface area contributed by atoms with Gasteiger partial charge in [0.2, 0.25) is 0 Å². The first kappa shape index (κ1) is 14.8. The molecule has 0 saturated carbocycles. The molecule has 1 saturated heterocycles. The lowest BCUT2D eigenvalue weighted by molar-refractivity contribution is 0.0742. The molecule has 0 spiro atoms. The Bertz CT molecular complexity index is 615. The lowest BCUT2D eigenvalue weighted by Crippen LogP contribution is -2.29. The van der Waals surface area contributed by atoms with Gasteiger partial charge in [0.15, 0.2) is 0 Å². The molecular formula is C17H21NOS2. The van der Waals surface area contributed by atoms with Crippen LogP contribution in [0.2, 0.25) is 0 Å². The molecule has 3 rings (SSSR count). The van der Waals surface area contributed by atoms with Crippen molar-refractivity contribution in [1.29, 1.82) is 0 Å². The number of thiophene rings is 2. The number of hydrogen-bond acceptors (Lipinski definition) is 3. The number of carbonyl (C=O) groups excluding carboxylic acids is 1. The molecule has 0 aromatic carbocycles. The van der Waals surface area contributed by atoms with Crippen LogP contribution < -0.4 is 0 Å². The van der Waals surface area contributed by atoms with E-state index in [1.165, 1.54) is 15.3 Å². The van der Waals surface area contributed by atoms with Crippen LogP contribution in [0, 0.1) is 6.92 Å². The molecule has 0 aliphatic carbocycles. The Hall–Kier alpha value is -1.13. The van der Waals surface area contributed by atoms with E-state index in [0.717, 1.165) is 37.1 Å². The first-order valence-corrected chi connectivity index (χ1v) is 9.34. The fourth-order valence-corrected chi connectivity index (χ4v) is 4.97. The minimum atomic E-state index is 0.223. The Balaban J connectivity index is 1.82. The molecule has 0 N–H and O–H groups in total. The summed E-state index contributed by atoms with van der Waals surface area (Å²) in [7, 11) is 0. The molecule has 112 valence electrons. The van der Waals surface area contributed by atoms with Crippen LogP contribution in [0.4, 0.5) is 0 Å². The summed E-state index contributed by atoms with van der Waals surface area (Å²) in [5.41, 5.74) is 1.35. The van der Waals surface area contributed by atoms with E-state index in [-0.39, 0.29) is 11.9 Å². The van der Waals surface area contributed by atoms with Crippen molar-refractivity contribution in [1.82, 2.24) is 4.90 Å². The molecule has 1 amide bonds. The van der Waals surface area contributed by atoms with Gasteiger partial charge in [0.25, 0.3) is 5.91 Å². The number of carbonyl (C=O) groups is 1. The van der Waals surface area contributed by atoms with Crippen molar-refractivity contribution in [3.8, 4) is 0 Å². The van der Waals surface area contributed by atoms with Gasteiger partial charge in [0, 0.05) is 16.3 Å². The minimum Gasteiger partial charge on any atom is -0.330 e. The Kier molecular flexibility index (Phi) is 4.45. The van der Waals surface area contributed by atoms with E-state index in [2.05, 4.69) is 42.3 Å². The first-order valence-electron chi connectivity index (χ1n) is 7.64. The predicted molar refractivity (Wildman–Crippen MR) is 90.4 cm³/mol. The molecule has 1 aliphatic rings. The molecule has 1 fully saturated rings. The molecule has 3 heterocycles. The van der Waals surface area contributed by atoms with Gasteiger partial charge in [0.05, 0.1) is 10.9 Å². The summed E-state index contributed by atoms with van der Waals surface area (Å²) in [5, 5.41) is 2.10. The molecule has 1 atom stereocenters. The van der Waals surface area contributed by atoms with Crippen LogP contribution in [0.5, 0.6) is 0 Å². The third-order valence-corrected chi connectivity index (χ3v) is 6.19. The smallest absolute Gasteiger partial charge is 0.264 e. The number of amides is 1. The monoisotopic (exact) mass is 319 g/mol. The fraction of sp³-hybridized carbons (Fsp3) is 0.471. The Morgan fingerprint density at radius 3 is 3.05 bits per heavy atom. The number of rotatable bonds is 4. The van der Waals surface area contributed by atoms with Gasteiger partial charge in [-0.3, -0.25) is 4.79 Å². The second kappa shape index (κ2) is 6.32. The number of aryl methyl sites for hydroxylation is 2. The van der Waals surface area contributed by atoms with Gasteiger partial charge in [0.1, 0.15) is 0 Å². The molecule has 21 heavy (non-hydrogen) atoms. The maximum absolute atomic E-state index is 12.9. The van der Waals surface area contributed by atoms with Gasteiger partial charge in [-0.05, 0) is 49.3 Å². The fourth-order valence-electron chi connectivity index (χ4n) is 3.07. The summed E-state index contributed by atoms with van der Waals surface area (Å²) < 4.78 is 0. The highest BCUT2D eigenvalue weighted by atomic mass is 32.1. The van der Waals surface area contributed by atoms with Gasteiger partial charge in [-0.15, -0.1) is 22.7 Å². The molecule has 2 nitrogen and oxygen atoms in total. The number of hydrogen-bond donors (Lipinski definition) is 0. The quantitative estimate of drug-likeness (QED) is 0.772. The van der Waals surface area contributed by atoms with Crippen molar-refractivity contribution in [2.24, 2.45) is 0 Å². The third kappa shape index (κ3) is 2.92. The second-order valence-electron chi connectivity index (χ2n) is 5.61. The topological polar surface area (TPSA) is 20.3 Å². The largest absolute Gasteiger partial charge is 0.330 e. The van der Waals surface area contributed by atoms with Gasteiger partial charge in [-0.25, -0.2) is 0 Å². The molecular weight excluding hydrogens is 298 g/mol. The van der Waals surface area contributed by atoms with Crippen molar-refractivity contribution in [2.75, 3.05) is 6.54 Å². The summed E-state index contributed by atoms with van der Waals surface area (Å²) >= 11 is 3.42. The summed E-state index contributed by atoms with van der Waals surface area (Å²) in [6.07, 6.45) is 4.41. The van der Waals surface area contributed by atoms with Crippen LogP contribution in [0.15, 0.2) is 23.6 Å². The predicted octanol–water partition coefficient (Wildman–Crippen LogP) is 5.05. The van der Waals surface area contributed by atoms with Crippen LogP contribution in [-0.2, 0) is 6.42 Å². The van der Waals surface area contributed by atoms with E-state index in [9.17, 15) is 4.79 Å². The Morgan fingerprint density at radius 1 is 1.48 bits per heavy atom. The van der Waals surface area contributed by atoms with Crippen molar-refractivity contribution >= 4 is 28.6 Å². The zero-order chi connectivity index (χ0) is 14.8. The van der Waals surface area contributed by atoms with Crippen LogP contribution in [-0.4, -0.2) is 17.4 Å². The number of nitrogens with zero attached hydrogens (tertiary/aromatic N) is 1. The Labute approximate surface area is 134 Å². The second-order valence-corrected chi connectivity index (χ2v) is 7.85. The highest BCUT2D eigenvalue weighted by molar-refractivity contribution is 7.14. The average Bonchev–Trinajstić information content (AvgIpc) is 3.18. The molecule has 1 unspecified atom stereocenters. The molecule has 0 radical (unpaired) electrons. The minimum absolute atomic E-state index is 0.223. The highest BCUT2D eigenvalue weighted by Gasteiger charge is 2.32. The van der Waals surface area contributed by atoms with E-state index < -0.39 is 0 Å². The van der Waals surface area contributed by atoms with E-state index >= 15 is 0 Å². The SMILES string of the molecule is CCCc1cc(C(=O)N2CCCC2c2cccs2)sc1C. The highest BCUT2D eigenvalue weighted by Crippen LogP contribution is 2.36. The van der Waals surface area contributed by atoms with E-state index in [0.29, 0.717) is 0 Å². The maximum Gasteiger partial charge on any atom is 0.264 e. The van der Waals surface area contributed by atoms with Crippen LogP contribution >= 0.6 is 22.7 Å². The molecule has 0 bridgehead atoms.